The molecule has 4 heteroatoms. The first-order valence-electron chi connectivity index (χ1n) is 4.86. The van der Waals surface area contributed by atoms with Gasteiger partial charge in [0.2, 0.25) is 0 Å². The van der Waals surface area contributed by atoms with Gasteiger partial charge in [-0.3, -0.25) is 0 Å². The predicted molar refractivity (Wildman–Crippen MR) is 55.9 cm³/mol. The molecule has 0 spiro atoms. The summed E-state index contributed by atoms with van der Waals surface area (Å²) in [6, 6.07) is 4.08. The minimum absolute atomic E-state index is 0.306. The summed E-state index contributed by atoms with van der Waals surface area (Å²) in [5, 5.41) is 9.87. The van der Waals surface area contributed by atoms with Crippen molar-refractivity contribution in [3.63, 3.8) is 0 Å². The molecule has 0 aliphatic rings. The number of aliphatic hydroxyl groups excluding tert-OH is 1. The number of rotatable bonds is 2. The van der Waals surface area contributed by atoms with Gasteiger partial charge >= 0.3 is 0 Å². The number of H-pyrrole nitrogens is 1. The van der Waals surface area contributed by atoms with Gasteiger partial charge in [0.15, 0.2) is 0 Å². The largest absolute Gasteiger partial charge is 0.383 e. The number of aromatic nitrogens is 1. The van der Waals surface area contributed by atoms with E-state index in [1.54, 1.807) is 12.3 Å². The number of hydrogen-bond acceptors (Lipinski definition) is 1. The van der Waals surface area contributed by atoms with Crippen LogP contribution < -0.4 is 0 Å². The van der Waals surface area contributed by atoms with Crippen molar-refractivity contribution in [2.24, 2.45) is 0 Å². The van der Waals surface area contributed by atoms with Gasteiger partial charge in [0.05, 0.1) is 5.56 Å². The highest BCUT2D eigenvalue weighted by Gasteiger charge is 2.21. The highest BCUT2D eigenvalue weighted by atomic mass is 19.1. The second-order valence-corrected chi connectivity index (χ2v) is 3.64. The van der Waals surface area contributed by atoms with Gasteiger partial charge in [-0.15, -0.1) is 0 Å². The molecule has 1 atom stereocenters. The predicted octanol–water partition coefficient (Wildman–Crippen LogP) is 2.68. The summed E-state index contributed by atoms with van der Waals surface area (Å²) in [4.78, 5) is 2.73. The molecule has 0 aliphatic heterocycles. The summed E-state index contributed by atoms with van der Waals surface area (Å²) < 4.78 is 27.2. The van der Waals surface area contributed by atoms with E-state index in [1.165, 1.54) is 19.2 Å². The third-order valence-corrected chi connectivity index (χ3v) is 2.53. The molecule has 0 aliphatic carbocycles. The first-order chi connectivity index (χ1) is 7.61. The molecule has 16 heavy (non-hydrogen) atoms. The molecule has 0 saturated carbocycles. The highest BCUT2D eigenvalue weighted by molar-refractivity contribution is 5.33. The van der Waals surface area contributed by atoms with Crippen molar-refractivity contribution in [3.05, 3.63) is 58.9 Å². The Kier molecular flexibility index (Phi) is 2.75. The maximum atomic E-state index is 13.7. The monoisotopic (exact) mass is 223 g/mol. The lowest BCUT2D eigenvalue weighted by Crippen LogP contribution is -2.06. The summed E-state index contributed by atoms with van der Waals surface area (Å²) in [6.45, 7) is 1.53. The van der Waals surface area contributed by atoms with Gasteiger partial charge in [-0.2, -0.15) is 0 Å². The average molecular weight is 223 g/mol. The van der Waals surface area contributed by atoms with Crippen LogP contribution in [-0.2, 0) is 0 Å². The van der Waals surface area contributed by atoms with Crippen molar-refractivity contribution in [1.29, 1.82) is 0 Å². The fourth-order valence-electron chi connectivity index (χ4n) is 1.60. The second kappa shape index (κ2) is 4.06. The average Bonchev–Trinajstić information content (AvgIpc) is 2.77. The van der Waals surface area contributed by atoms with Crippen LogP contribution in [-0.4, -0.2) is 10.1 Å². The maximum Gasteiger partial charge on any atom is 0.135 e. The van der Waals surface area contributed by atoms with Crippen LogP contribution in [0.4, 0.5) is 8.78 Å². The number of halogens is 2. The summed E-state index contributed by atoms with van der Waals surface area (Å²) >= 11 is 0. The fraction of sp³-hybridized carbons (Fsp3) is 0.167. The van der Waals surface area contributed by atoms with Crippen molar-refractivity contribution >= 4 is 0 Å². The van der Waals surface area contributed by atoms with E-state index in [0.717, 1.165) is 6.07 Å². The Balaban J connectivity index is 2.52. The zero-order chi connectivity index (χ0) is 11.7. The molecule has 1 heterocycles. The highest BCUT2D eigenvalue weighted by Crippen LogP contribution is 2.27. The first-order valence-corrected chi connectivity index (χ1v) is 4.86. The normalized spacial score (nSPS) is 12.8. The van der Waals surface area contributed by atoms with E-state index in [2.05, 4.69) is 4.98 Å². The van der Waals surface area contributed by atoms with E-state index >= 15 is 0 Å². The number of hydrogen-bond donors (Lipinski definition) is 2. The molecular weight excluding hydrogens is 212 g/mol. The topological polar surface area (TPSA) is 36.0 Å². The van der Waals surface area contributed by atoms with Crippen LogP contribution in [0.15, 0.2) is 30.6 Å². The van der Waals surface area contributed by atoms with Gasteiger partial charge in [0.25, 0.3) is 0 Å². The van der Waals surface area contributed by atoms with Gasteiger partial charge in [-0.25, -0.2) is 8.78 Å². The minimum atomic E-state index is -1.29. The number of aromatic amines is 1. The molecule has 0 bridgehead atoms. The van der Waals surface area contributed by atoms with Gasteiger partial charge in [0, 0.05) is 18.0 Å². The lowest BCUT2D eigenvalue weighted by molar-refractivity contribution is 0.209. The molecule has 2 rings (SSSR count). The van der Waals surface area contributed by atoms with Crippen LogP contribution >= 0.6 is 0 Å². The Labute approximate surface area is 91.6 Å². The quantitative estimate of drug-likeness (QED) is 0.806. The third-order valence-electron chi connectivity index (χ3n) is 2.53. The molecular formula is C12H11F2NO. The van der Waals surface area contributed by atoms with E-state index in [1.807, 2.05) is 0 Å². The van der Waals surface area contributed by atoms with Crippen molar-refractivity contribution < 1.29 is 13.9 Å². The Morgan fingerprint density at radius 3 is 2.62 bits per heavy atom. The molecule has 0 amide bonds. The Morgan fingerprint density at radius 1 is 1.25 bits per heavy atom. The van der Waals surface area contributed by atoms with Crippen LogP contribution in [0.3, 0.4) is 0 Å². The van der Waals surface area contributed by atoms with Crippen LogP contribution in [0.1, 0.15) is 22.8 Å². The second-order valence-electron chi connectivity index (χ2n) is 3.64. The zero-order valence-corrected chi connectivity index (χ0v) is 8.67. The number of aliphatic hydroxyl groups is 1. The molecule has 2 N–H and O–H groups in total. The number of aryl methyl sites for hydroxylation is 1. The lowest BCUT2D eigenvalue weighted by atomic mass is 10.0. The Bertz CT molecular complexity index is 494. The molecule has 1 aromatic carbocycles. The van der Waals surface area contributed by atoms with Crippen molar-refractivity contribution in [3.8, 4) is 0 Å². The zero-order valence-electron chi connectivity index (χ0n) is 8.67. The number of benzene rings is 1. The van der Waals surface area contributed by atoms with Gasteiger partial charge in [-0.05, 0) is 24.6 Å². The SMILES string of the molecule is Cc1ccc(F)c(C(O)c2cc[nH]c2)c1F. The summed E-state index contributed by atoms with van der Waals surface area (Å²) in [7, 11) is 0. The van der Waals surface area contributed by atoms with Gasteiger partial charge < -0.3 is 10.1 Å². The maximum absolute atomic E-state index is 13.7. The summed E-state index contributed by atoms with van der Waals surface area (Å²) in [6.07, 6.45) is 1.81. The molecule has 1 unspecified atom stereocenters. The molecule has 0 radical (unpaired) electrons. The van der Waals surface area contributed by atoms with Crippen LogP contribution in [0, 0.1) is 18.6 Å². The standard InChI is InChI=1S/C12H11F2NO/c1-7-2-3-9(13)10(11(7)14)12(16)8-4-5-15-6-8/h2-6,12,15-16H,1H3. The third kappa shape index (κ3) is 1.72. The van der Waals surface area contributed by atoms with E-state index in [-0.39, 0.29) is 5.56 Å². The fourth-order valence-corrected chi connectivity index (χ4v) is 1.60. The molecule has 0 saturated heterocycles. The summed E-state index contributed by atoms with van der Waals surface area (Å²) in [5.41, 5.74) is 0.439. The van der Waals surface area contributed by atoms with E-state index in [4.69, 9.17) is 0 Å². The van der Waals surface area contributed by atoms with E-state index in [0.29, 0.717) is 11.1 Å². The van der Waals surface area contributed by atoms with E-state index < -0.39 is 17.7 Å². The molecule has 2 aromatic rings. The summed E-state index contributed by atoms with van der Waals surface area (Å²) in [5.74, 6) is -1.44. The smallest absolute Gasteiger partial charge is 0.135 e. The number of nitrogens with one attached hydrogen (secondary N) is 1. The molecule has 0 fully saturated rings. The minimum Gasteiger partial charge on any atom is -0.383 e. The molecule has 1 aromatic heterocycles. The first kappa shape index (κ1) is 10.8. The van der Waals surface area contributed by atoms with Gasteiger partial charge in [-0.1, -0.05) is 6.07 Å². The molecule has 84 valence electrons. The Hall–Kier alpha value is -1.68. The van der Waals surface area contributed by atoms with Crippen LogP contribution in [0.2, 0.25) is 0 Å². The van der Waals surface area contributed by atoms with Gasteiger partial charge in [0.1, 0.15) is 17.7 Å². The Morgan fingerprint density at radius 2 is 2.00 bits per heavy atom. The lowest BCUT2D eigenvalue weighted by Gasteiger charge is -2.12. The van der Waals surface area contributed by atoms with Crippen molar-refractivity contribution in [1.82, 2.24) is 4.98 Å². The molecule has 2 nitrogen and oxygen atoms in total. The van der Waals surface area contributed by atoms with Crippen LogP contribution in [0.25, 0.3) is 0 Å². The van der Waals surface area contributed by atoms with Crippen molar-refractivity contribution in [2.45, 2.75) is 13.0 Å². The van der Waals surface area contributed by atoms with Crippen LogP contribution in [0.5, 0.6) is 0 Å². The van der Waals surface area contributed by atoms with Crippen molar-refractivity contribution in [2.75, 3.05) is 0 Å². The van der Waals surface area contributed by atoms with E-state index in [9.17, 15) is 13.9 Å².